The van der Waals surface area contributed by atoms with Gasteiger partial charge in [0.2, 0.25) is 0 Å². The molecule has 0 atom stereocenters. The molecule has 98 valence electrons. The van der Waals surface area contributed by atoms with Gasteiger partial charge in [-0.05, 0) is 31.2 Å². The first-order valence-electron chi connectivity index (χ1n) is 5.50. The van der Waals surface area contributed by atoms with Gasteiger partial charge in [0.25, 0.3) is 5.91 Å². The molecule has 2 aromatic rings. The van der Waals surface area contributed by atoms with Crippen LogP contribution in [-0.2, 0) is 0 Å². The Labute approximate surface area is 126 Å². The number of carbonyl (C=O) groups excluding carboxylic acids is 1. The Morgan fingerprint density at radius 1 is 1.05 bits per heavy atom. The largest absolute Gasteiger partial charge is 0.319 e. The second-order valence-corrected chi connectivity index (χ2v) is 5.32. The highest BCUT2D eigenvalue weighted by Crippen LogP contribution is 2.33. The van der Waals surface area contributed by atoms with Crippen LogP contribution in [-0.4, -0.2) is 5.91 Å². The van der Waals surface area contributed by atoms with Gasteiger partial charge in [-0.15, -0.1) is 0 Å². The number of anilines is 1. The zero-order valence-corrected chi connectivity index (χ0v) is 12.3. The molecular formula is C14H10Cl3NO. The van der Waals surface area contributed by atoms with Crippen molar-refractivity contribution < 1.29 is 4.79 Å². The van der Waals surface area contributed by atoms with Gasteiger partial charge in [-0.25, -0.2) is 0 Å². The lowest BCUT2D eigenvalue weighted by Gasteiger charge is -2.10. The van der Waals surface area contributed by atoms with E-state index in [0.717, 1.165) is 5.56 Å². The van der Waals surface area contributed by atoms with Crippen molar-refractivity contribution in [2.45, 2.75) is 6.92 Å². The fourth-order valence-electron chi connectivity index (χ4n) is 1.63. The second-order valence-electron chi connectivity index (χ2n) is 4.07. The van der Waals surface area contributed by atoms with Gasteiger partial charge < -0.3 is 5.32 Å². The Bertz CT molecular complexity index is 617. The molecule has 1 N–H and O–H groups in total. The fourth-order valence-corrected chi connectivity index (χ4v) is 2.55. The van der Waals surface area contributed by atoms with Crippen LogP contribution < -0.4 is 5.32 Å². The van der Waals surface area contributed by atoms with Crippen molar-refractivity contribution in [1.82, 2.24) is 0 Å². The summed E-state index contributed by atoms with van der Waals surface area (Å²) in [6.45, 7) is 1.92. The van der Waals surface area contributed by atoms with Crippen molar-refractivity contribution in [2.24, 2.45) is 0 Å². The van der Waals surface area contributed by atoms with Gasteiger partial charge in [-0.3, -0.25) is 4.79 Å². The van der Waals surface area contributed by atoms with Gasteiger partial charge >= 0.3 is 0 Å². The zero-order valence-electron chi connectivity index (χ0n) is 10.0. The molecule has 19 heavy (non-hydrogen) atoms. The molecule has 0 saturated carbocycles. The van der Waals surface area contributed by atoms with Crippen molar-refractivity contribution in [1.29, 1.82) is 0 Å². The van der Waals surface area contributed by atoms with Crippen LogP contribution in [0.5, 0.6) is 0 Å². The third-order valence-electron chi connectivity index (χ3n) is 2.53. The summed E-state index contributed by atoms with van der Waals surface area (Å²) >= 11 is 17.8. The van der Waals surface area contributed by atoms with Crippen LogP contribution in [0.1, 0.15) is 15.9 Å². The van der Waals surface area contributed by atoms with Gasteiger partial charge in [0.15, 0.2) is 0 Å². The first kappa shape index (κ1) is 14.2. The fraction of sp³-hybridized carbons (Fsp3) is 0.0714. The average Bonchev–Trinajstić information content (AvgIpc) is 2.33. The lowest BCUT2D eigenvalue weighted by atomic mass is 10.1. The van der Waals surface area contributed by atoms with Crippen LogP contribution in [0.25, 0.3) is 0 Å². The van der Waals surface area contributed by atoms with Crippen LogP contribution in [0, 0.1) is 6.92 Å². The highest BCUT2D eigenvalue weighted by Gasteiger charge is 2.12. The number of benzene rings is 2. The Morgan fingerprint density at radius 2 is 1.68 bits per heavy atom. The van der Waals surface area contributed by atoms with E-state index >= 15 is 0 Å². The van der Waals surface area contributed by atoms with Crippen molar-refractivity contribution >= 4 is 46.4 Å². The highest BCUT2D eigenvalue weighted by molar-refractivity contribution is 6.42. The third kappa shape index (κ3) is 3.41. The van der Waals surface area contributed by atoms with Gasteiger partial charge in [0.1, 0.15) is 0 Å². The summed E-state index contributed by atoms with van der Waals surface area (Å²) in [5, 5.41) is 3.72. The number of halogens is 3. The van der Waals surface area contributed by atoms with E-state index in [1.54, 1.807) is 12.1 Å². The summed E-state index contributed by atoms with van der Waals surface area (Å²) in [5.74, 6) is -0.269. The normalized spacial score (nSPS) is 10.3. The molecule has 0 radical (unpaired) electrons. The minimum atomic E-state index is -0.269. The number of amides is 1. The minimum Gasteiger partial charge on any atom is -0.319 e. The van der Waals surface area contributed by atoms with Crippen LogP contribution in [0.15, 0.2) is 36.4 Å². The van der Waals surface area contributed by atoms with E-state index in [-0.39, 0.29) is 5.91 Å². The molecule has 5 heteroatoms. The van der Waals surface area contributed by atoms with Crippen LogP contribution >= 0.6 is 34.8 Å². The molecule has 0 aromatic heterocycles. The van der Waals surface area contributed by atoms with E-state index in [0.29, 0.717) is 26.3 Å². The van der Waals surface area contributed by atoms with Crippen molar-refractivity contribution in [3.05, 3.63) is 62.6 Å². The monoisotopic (exact) mass is 313 g/mol. The molecule has 0 bridgehead atoms. The molecular weight excluding hydrogens is 305 g/mol. The molecule has 2 aromatic carbocycles. The summed E-state index contributed by atoms with van der Waals surface area (Å²) in [7, 11) is 0. The first-order valence-corrected chi connectivity index (χ1v) is 6.63. The molecule has 0 aliphatic rings. The molecule has 2 nitrogen and oxygen atoms in total. The maximum absolute atomic E-state index is 12.1. The maximum Gasteiger partial charge on any atom is 0.255 e. The molecule has 0 fully saturated rings. The summed E-state index contributed by atoms with van der Waals surface area (Å²) in [6, 6.07) is 10.3. The van der Waals surface area contributed by atoms with E-state index in [1.807, 2.05) is 19.1 Å². The van der Waals surface area contributed by atoms with Gasteiger partial charge in [-0.2, -0.15) is 0 Å². The predicted octanol–water partition coefficient (Wildman–Crippen LogP) is 5.21. The molecule has 0 heterocycles. The lowest BCUT2D eigenvalue weighted by Crippen LogP contribution is -2.12. The number of aryl methyl sites for hydroxylation is 1. The molecule has 0 saturated heterocycles. The molecule has 0 spiro atoms. The van der Waals surface area contributed by atoms with E-state index in [4.69, 9.17) is 34.8 Å². The van der Waals surface area contributed by atoms with Gasteiger partial charge in [0, 0.05) is 10.6 Å². The molecule has 0 aliphatic heterocycles. The number of hydrogen-bond acceptors (Lipinski definition) is 1. The van der Waals surface area contributed by atoms with Crippen molar-refractivity contribution in [2.75, 3.05) is 5.32 Å². The molecule has 1 amide bonds. The third-order valence-corrected chi connectivity index (χ3v) is 3.34. The summed E-state index contributed by atoms with van der Waals surface area (Å²) in [4.78, 5) is 12.1. The number of nitrogens with one attached hydrogen (secondary N) is 1. The minimum absolute atomic E-state index is 0.269. The van der Waals surface area contributed by atoms with Crippen molar-refractivity contribution in [3.8, 4) is 0 Å². The maximum atomic E-state index is 12.1. The number of rotatable bonds is 2. The van der Waals surface area contributed by atoms with Crippen LogP contribution in [0.4, 0.5) is 5.69 Å². The quantitative estimate of drug-likeness (QED) is 0.810. The van der Waals surface area contributed by atoms with Crippen LogP contribution in [0.3, 0.4) is 0 Å². The van der Waals surface area contributed by atoms with E-state index < -0.39 is 0 Å². The topological polar surface area (TPSA) is 29.1 Å². The smallest absolute Gasteiger partial charge is 0.255 e. The average molecular weight is 315 g/mol. The SMILES string of the molecule is Cc1cccc(C(=O)Nc2c(Cl)cc(Cl)cc2Cl)c1. The van der Waals surface area contributed by atoms with Gasteiger partial charge in [-0.1, -0.05) is 52.5 Å². The Kier molecular flexibility index (Phi) is 4.35. The van der Waals surface area contributed by atoms with Crippen molar-refractivity contribution in [3.63, 3.8) is 0 Å². The number of hydrogen-bond donors (Lipinski definition) is 1. The zero-order chi connectivity index (χ0) is 14.0. The summed E-state index contributed by atoms with van der Waals surface area (Å²) in [5.41, 5.74) is 1.90. The Balaban J connectivity index is 2.29. The molecule has 0 unspecified atom stereocenters. The first-order chi connectivity index (χ1) is 8.97. The summed E-state index contributed by atoms with van der Waals surface area (Å²) < 4.78 is 0. The summed E-state index contributed by atoms with van der Waals surface area (Å²) in [6.07, 6.45) is 0. The van der Waals surface area contributed by atoms with E-state index in [9.17, 15) is 4.79 Å². The van der Waals surface area contributed by atoms with Gasteiger partial charge in [0.05, 0.1) is 15.7 Å². The van der Waals surface area contributed by atoms with Crippen LogP contribution in [0.2, 0.25) is 15.1 Å². The second kappa shape index (κ2) is 5.83. The predicted molar refractivity (Wildman–Crippen MR) is 80.6 cm³/mol. The Morgan fingerprint density at radius 3 is 2.26 bits per heavy atom. The molecule has 0 aliphatic carbocycles. The highest BCUT2D eigenvalue weighted by atomic mass is 35.5. The van der Waals surface area contributed by atoms with E-state index in [1.165, 1.54) is 12.1 Å². The molecule has 2 rings (SSSR count). The number of carbonyl (C=O) groups is 1. The van der Waals surface area contributed by atoms with E-state index in [2.05, 4.69) is 5.32 Å². The lowest BCUT2D eigenvalue weighted by molar-refractivity contribution is 0.102. The standard InChI is InChI=1S/C14H10Cl3NO/c1-8-3-2-4-9(5-8)14(19)18-13-11(16)6-10(15)7-12(13)17/h2-7H,1H3,(H,18,19). The Hall–Kier alpha value is -1.22.